The zero-order valence-electron chi connectivity index (χ0n) is 9.75. The molecule has 0 radical (unpaired) electrons. The van der Waals surface area contributed by atoms with Gasteiger partial charge < -0.3 is 10.4 Å². The van der Waals surface area contributed by atoms with Crippen molar-refractivity contribution < 1.29 is 5.11 Å². The van der Waals surface area contributed by atoms with Gasteiger partial charge in [-0.3, -0.25) is 0 Å². The molecule has 0 spiro atoms. The first-order valence-electron chi connectivity index (χ1n) is 6.78. The second kappa shape index (κ2) is 5.86. The minimum Gasteiger partial charge on any atom is -0.392 e. The summed E-state index contributed by atoms with van der Waals surface area (Å²) < 4.78 is 0. The maximum atomic E-state index is 9.84. The van der Waals surface area contributed by atoms with E-state index in [0.717, 1.165) is 18.9 Å². The summed E-state index contributed by atoms with van der Waals surface area (Å²) in [6.07, 6.45) is 11.7. The Hall–Kier alpha value is -0.0800. The van der Waals surface area contributed by atoms with Crippen LogP contribution in [-0.2, 0) is 0 Å². The number of rotatable bonds is 3. The monoisotopic (exact) mass is 211 g/mol. The van der Waals surface area contributed by atoms with Gasteiger partial charge >= 0.3 is 0 Å². The molecule has 88 valence electrons. The molecule has 2 atom stereocenters. The van der Waals surface area contributed by atoms with Gasteiger partial charge in [-0.25, -0.2) is 0 Å². The third kappa shape index (κ3) is 3.46. The SMILES string of the molecule is O[C@@H]1CCCC[C@H]1NCC1CCCCC1. The molecule has 0 aromatic rings. The maximum absolute atomic E-state index is 9.84. The number of hydrogen-bond acceptors (Lipinski definition) is 2. The summed E-state index contributed by atoms with van der Waals surface area (Å²) in [6.45, 7) is 1.14. The Morgan fingerprint density at radius 1 is 0.867 bits per heavy atom. The van der Waals surface area contributed by atoms with Crippen molar-refractivity contribution in [3.05, 3.63) is 0 Å². The van der Waals surface area contributed by atoms with Crippen molar-refractivity contribution in [2.45, 2.75) is 69.9 Å². The molecular weight excluding hydrogens is 186 g/mol. The molecule has 0 heterocycles. The fraction of sp³-hybridized carbons (Fsp3) is 1.00. The zero-order valence-corrected chi connectivity index (χ0v) is 9.75. The van der Waals surface area contributed by atoms with E-state index in [0.29, 0.717) is 6.04 Å². The molecule has 15 heavy (non-hydrogen) atoms. The first-order valence-corrected chi connectivity index (χ1v) is 6.78. The molecule has 2 N–H and O–H groups in total. The van der Waals surface area contributed by atoms with Crippen LogP contribution in [0.3, 0.4) is 0 Å². The van der Waals surface area contributed by atoms with Crippen molar-refractivity contribution in [3.8, 4) is 0 Å². The Kier molecular flexibility index (Phi) is 4.45. The van der Waals surface area contributed by atoms with Gasteiger partial charge in [0, 0.05) is 6.04 Å². The molecule has 2 heteroatoms. The van der Waals surface area contributed by atoms with Crippen molar-refractivity contribution >= 4 is 0 Å². The lowest BCUT2D eigenvalue weighted by atomic mass is 9.88. The van der Waals surface area contributed by atoms with Crippen molar-refractivity contribution in [2.75, 3.05) is 6.54 Å². The topological polar surface area (TPSA) is 32.3 Å². The van der Waals surface area contributed by atoms with Crippen LogP contribution in [0.15, 0.2) is 0 Å². The van der Waals surface area contributed by atoms with Gasteiger partial charge in [-0.1, -0.05) is 32.1 Å². The molecule has 0 aromatic heterocycles. The minimum absolute atomic E-state index is 0.0812. The van der Waals surface area contributed by atoms with E-state index < -0.39 is 0 Å². The number of aliphatic hydroxyl groups excluding tert-OH is 1. The first kappa shape index (κ1) is 11.4. The standard InChI is InChI=1S/C13H25NO/c15-13-9-5-4-8-12(13)14-10-11-6-2-1-3-7-11/h11-15H,1-10H2/t12-,13-/m1/s1. The van der Waals surface area contributed by atoms with Gasteiger partial charge in [0.1, 0.15) is 0 Å². The van der Waals surface area contributed by atoms with Gasteiger partial charge in [0.2, 0.25) is 0 Å². The number of hydrogen-bond donors (Lipinski definition) is 2. The van der Waals surface area contributed by atoms with Gasteiger partial charge in [0.15, 0.2) is 0 Å². The summed E-state index contributed by atoms with van der Waals surface area (Å²) in [6, 6.07) is 0.390. The highest BCUT2D eigenvalue weighted by atomic mass is 16.3. The van der Waals surface area contributed by atoms with E-state index in [1.54, 1.807) is 0 Å². The van der Waals surface area contributed by atoms with Gasteiger partial charge in [0.05, 0.1) is 6.10 Å². The molecule has 2 aliphatic carbocycles. The molecule has 2 nitrogen and oxygen atoms in total. The van der Waals surface area contributed by atoms with Crippen LogP contribution in [0.1, 0.15) is 57.8 Å². The number of nitrogens with one attached hydrogen (secondary N) is 1. The summed E-state index contributed by atoms with van der Waals surface area (Å²) in [5, 5.41) is 13.4. The quantitative estimate of drug-likeness (QED) is 0.751. The molecule has 0 saturated heterocycles. The van der Waals surface area contributed by atoms with Crippen LogP contribution in [-0.4, -0.2) is 23.8 Å². The van der Waals surface area contributed by atoms with E-state index in [4.69, 9.17) is 0 Å². The van der Waals surface area contributed by atoms with Crippen molar-refractivity contribution in [3.63, 3.8) is 0 Å². The van der Waals surface area contributed by atoms with Crippen LogP contribution in [0.2, 0.25) is 0 Å². The minimum atomic E-state index is -0.0812. The van der Waals surface area contributed by atoms with E-state index in [1.807, 2.05) is 0 Å². The van der Waals surface area contributed by atoms with Gasteiger partial charge in [-0.2, -0.15) is 0 Å². The highest BCUT2D eigenvalue weighted by molar-refractivity contribution is 4.81. The Bertz CT molecular complexity index is 177. The summed E-state index contributed by atoms with van der Waals surface area (Å²) in [5.74, 6) is 0.882. The second-order valence-corrected chi connectivity index (χ2v) is 5.37. The molecule has 2 aliphatic rings. The van der Waals surface area contributed by atoms with Crippen LogP contribution >= 0.6 is 0 Å². The predicted octanol–water partition coefficient (Wildman–Crippen LogP) is 2.46. The fourth-order valence-electron chi connectivity index (χ4n) is 3.06. The summed E-state index contributed by atoms with van der Waals surface area (Å²) >= 11 is 0. The molecule has 0 bridgehead atoms. The van der Waals surface area contributed by atoms with E-state index in [1.165, 1.54) is 51.4 Å². The summed E-state index contributed by atoms with van der Waals surface area (Å²) in [4.78, 5) is 0. The Morgan fingerprint density at radius 2 is 1.53 bits per heavy atom. The van der Waals surface area contributed by atoms with Gasteiger partial charge in [0.25, 0.3) is 0 Å². The van der Waals surface area contributed by atoms with Crippen LogP contribution in [0.4, 0.5) is 0 Å². The van der Waals surface area contributed by atoms with E-state index in [9.17, 15) is 5.11 Å². The average molecular weight is 211 g/mol. The predicted molar refractivity (Wildman–Crippen MR) is 62.8 cm³/mol. The van der Waals surface area contributed by atoms with E-state index in [2.05, 4.69) is 5.32 Å². The fourth-order valence-corrected chi connectivity index (χ4v) is 3.06. The highest BCUT2D eigenvalue weighted by Gasteiger charge is 2.23. The number of aliphatic hydroxyl groups is 1. The lowest BCUT2D eigenvalue weighted by molar-refractivity contribution is 0.0876. The smallest absolute Gasteiger partial charge is 0.0693 e. The van der Waals surface area contributed by atoms with Crippen molar-refractivity contribution in [1.29, 1.82) is 0 Å². The van der Waals surface area contributed by atoms with Crippen molar-refractivity contribution in [2.24, 2.45) is 5.92 Å². The lowest BCUT2D eigenvalue weighted by Gasteiger charge is -2.31. The molecule has 2 rings (SSSR count). The Morgan fingerprint density at radius 3 is 2.27 bits per heavy atom. The summed E-state index contributed by atoms with van der Waals surface area (Å²) in [5.41, 5.74) is 0. The maximum Gasteiger partial charge on any atom is 0.0693 e. The van der Waals surface area contributed by atoms with Crippen LogP contribution in [0, 0.1) is 5.92 Å². The largest absolute Gasteiger partial charge is 0.392 e. The molecular formula is C13H25NO. The highest BCUT2D eigenvalue weighted by Crippen LogP contribution is 2.24. The third-order valence-electron chi connectivity index (χ3n) is 4.12. The van der Waals surface area contributed by atoms with E-state index >= 15 is 0 Å². The third-order valence-corrected chi connectivity index (χ3v) is 4.12. The first-order chi connectivity index (χ1) is 7.36. The molecule has 0 aromatic carbocycles. The Balaban J connectivity index is 1.67. The molecule has 0 amide bonds. The normalized spacial score (nSPS) is 34.2. The second-order valence-electron chi connectivity index (χ2n) is 5.37. The lowest BCUT2D eigenvalue weighted by Crippen LogP contribution is -2.44. The van der Waals surface area contributed by atoms with Crippen LogP contribution in [0.25, 0.3) is 0 Å². The molecule has 2 fully saturated rings. The van der Waals surface area contributed by atoms with Crippen molar-refractivity contribution in [1.82, 2.24) is 5.32 Å². The molecule has 0 unspecified atom stereocenters. The Labute approximate surface area is 93.5 Å². The van der Waals surface area contributed by atoms with Crippen LogP contribution < -0.4 is 5.32 Å². The van der Waals surface area contributed by atoms with E-state index in [-0.39, 0.29) is 6.10 Å². The molecule has 0 aliphatic heterocycles. The molecule has 2 saturated carbocycles. The zero-order chi connectivity index (χ0) is 10.5. The van der Waals surface area contributed by atoms with Gasteiger partial charge in [-0.15, -0.1) is 0 Å². The van der Waals surface area contributed by atoms with Gasteiger partial charge in [-0.05, 0) is 38.1 Å². The van der Waals surface area contributed by atoms with Crippen LogP contribution in [0.5, 0.6) is 0 Å². The summed E-state index contributed by atoms with van der Waals surface area (Å²) in [7, 11) is 0. The average Bonchev–Trinajstić information content (AvgIpc) is 2.29.